The summed E-state index contributed by atoms with van der Waals surface area (Å²) in [5.41, 5.74) is 4.69. The zero-order chi connectivity index (χ0) is 31.9. The monoisotopic (exact) mass is 708 g/mol. The maximum Gasteiger partial charge on any atom is 0.123 e. The van der Waals surface area contributed by atoms with E-state index in [-0.39, 0.29) is 11.6 Å². The Kier molecular flexibility index (Phi) is 14.3. The van der Waals surface area contributed by atoms with E-state index >= 15 is 0 Å². The lowest BCUT2D eigenvalue weighted by atomic mass is 10.2. The molecule has 0 amide bonds. The van der Waals surface area contributed by atoms with E-state index in [1.165, 1.54) is 47.8 Å². The van der Waals surface area contributed by atoms with Crippen LogP contribution in [0.15, 0.2) is 123 Å². The van der Waals surface area contributed by atoms with Gasteiger partial charge in [0.15, 0.2) is 0 Å². The lowest BCUT2D eigenvalue weighted by molar-refractivity contribution is 0.626. The number of nitrogens with zero attached hydrogens (tertiary/aromatic N) is 2. The Labute approximate surface area is 279 Å². The molecule has 0 atom stereocenters. The number of nitrogens with one attached hydrogen (secondary N) is 2. The van der Waals surface area contributed by atoms with Gasteiger partial charge in [-0.05, 0) is 85.6 Å². The van der Waals surface area contributed by atoms with Gasteiger partial charge >= 0.3 is 0 Å². The molecule has 2 N–H and O–H groups in total. The molecular weight excluding hydrogens is 682 g/mol. The molecule has 4 aromatic rings. The molecule has 0 aliphatic rings. The molecule has 0 saturated heterocycles. The second-order valence-corrected chi connectivity index (χ2v) is 12.5. The highest BCUT2D eigenvalue weighted by Gasteiger charge is 2.08. The van der Waals surface area contributed by atoms with Crippen molar-refractivity contribution in [1.82, 2.24) is 0 Å². The van der Waals surface area contributed by atoms with Gasteiger partial charge in [0.2, 0.25) is 0 Å². The van der Waals surface area contributed by atoms with Gasteiger partial charge in [-0.2, -0.15) is 10.5 Å². The van der Waals surface area contributed by atoms with Crippen LogP contribution in [0.5, 0.6) is 0 Å². The first kappa shape index (κ1) is 34.8. The van der Waals surface area contributed by atoms with Crippen molar-refractivity contribution < 1.29 is 8.78 Å². The summed E-state index contributed by atoms with van der Waals surface area (Å²) in [6.45, 7) is 3.51. The molecule has 0 radical (unpaired) electrons. The minimum absolute atomic E-state index is 0.245. The highest BCUT2D eigenvalue weighted by molar-refractivity contribution is 9.10. The van der Waals surface area contributed by atoms with Crippen molar-refractivity contribution in [3.8, 4) is 12.1 Å². The molecule has 4 aromatic carbocycles. The Morgan fingerprint density at radius 2 is 1.32 bits per heavy atom. The van der Waals surface area contributed by atoms with Crippen molar-refractivity contribution in [1.29, 1.82) is 10.5 Å². The van der Waals surface area contributed by atoms with Gasteiger partial charge in [0, 0.05) is 21.7 Å². The predicted octanol–water partition coefficient (Wildman–Crippen LogP) is 11.3. The summed E-state index contributed by atoms with van der Waals surface area (Å²) < 4.78 is 27.1. The highest BCUT2D eigenvalue weighted by Crippen LogP contribution is 2.30. The molecule has 44 heavy (non-hydrogen) atoms. The van der Waals surface area contributed by atoms with Crippen LogP contribution in [0.25, 0.3) is 0 Å². The van der Waals surface area contributed by atoms with Crippen LogP contribution in [-0.4, -0.2) is 0 Å². The maximum absolute atomic E-state index is 13.2. The summed E-state index contributed by atoms with van der Waals surface area (Å²) in [5.74, 6) is 0.715. The van der Waals surface area contributed by atoms with Gasteiger partial charge in [0.1, 0.15) is 11.6 Å². The number of nitriles is 2. The summed E-state index contributed by atoms with van der Waals surface area (Å²) in [5, 5.41) is 26.8. The Balaban J connectivity index is 0.000000240. The zero-order valence-electron chi connectivity index (χ0n) is 23.9. The van der Waals surface area contributed by atoms with Crippen LogP contribution >= 0.6 is 51.1 Å². The molecule has 0 fully saturated rings. The van der Waals surface area contributed by atoms with Crippen LogP contribution in [0, 0.1) is 34.3 Å². The van der Waals surface area contributed by atoms with Crippen LogP contribution in [0.4, 0.5) is 20.2 Å². The number of anilines is 2. The Hall–Kier alpha value is -3.73. The van der Waals surface area contributed by atoms with E-state index in [4.69, 9.17) is 22.1 Å². The van der Waals surface area contributed by atoms with E-state index < -0.39 is 0 Å². The molecular formula is C34H28BrClF2N4S2. The Morgan fingerprint density at radius 3 is 1.91 bits per heavy atom. The third-order valence-corrected chi connectivity index (χ3v) is 9.02. The highest BCUT2D eigenvalue weighted by atomic mass is 79.9. The van der Waals surface area contributed by atoms with Crippen LogP contribution in [0.1, 0.15) is 25.0 Å². The van der Waals surface area contributed by atoms with E-state index in [1.54, 1.807) is 38.1 Å². The molecule has 0 saturated carbocycles. The maximum atomic E-state index is 13.2. The molecule has 224 valence electrons. The average Bonchev–Trinajstić information content (AvgIpc) is 3.03. The minimum Gasteiger partial charge on any atom is -0.349 e. The zero-order valence-corrected chi connectivity index (χ0v) is 27.8. The summed E-state index contributed by atoms with van der Waals surface area (Å²) in [7, 11) is 0. The first-order chi connectivity index (χ1) is 21.2. The van der Waals surface area contributed by atoms with Crippen LogP contribution in [0.3, 0.4) is 0 Å². The summed E-state index contributed by atoms with van der Waals surface area (Å²) in [6, 6.07) is 32.2. The van der Waals surface area contributed by atoms with Crippen molar-refractivity contribution in [2.24, 2.45) is 0 Å². The van der Waals surface area contributed by atoms with E-state index in [9.17, 15) is 8.78 Å². The quantitative estimate of drug-likeness (QED) is 0.160. The first-order valence-electron chi connectivity index (χ1n) is 13.2. The fourth-order valence-corrected chi connectivity index (χ4v) is 5.78. The smallest absolute Gasteiger partial charge is 0.123 e. The van der Waals surface area contributed by atoms with Gasteiger partial charge in [0.25, 0.3) is 0 Å². The standard InChI is InChI=1S/C17H14BrFN2S.C17H14ClFN2S/c1-12(10-20)17(21-16-8-4-14(18)5-9-16)22-11-13-2-6-15(19)7-3-13;1-12(10-20)17(21-16-8-3-2-7-15(16)18)22-11-13-5-4-6-14(19)9-13/h2*2-9,21H,11H2,1H3/b2*17-12-. The summed E-state index contributed by atoms with van der Waals surface area (Å²) in [6.07, 6.45) is 0. The molecule has 4 nitrogen and oxygen atoms in total. The van der Waals surface area contributed by atoms with Gasteiger partial charge in [0.05, 0.1) is 44.1 Å². The molecule has 0 aromatic heterocycles. The Bertz CT molecular complexity index is 1700. The molecule has 0 aliphatic carbocycles. The molecule has 10 heteroatoms. The third-order valence-electron chi connectivity index (χ3n) is 5.81. The second kappa shape index (κ2) is 18.2. The van der Waals surface area contributed by atoms with E-state index in [2.05, 4.69) is 38.7 Å². The number of halogens is 4. The Morgan fingerprint density at radius 1 is 0.727 bits per heavy atom. The van der Waals surface area contributed by atoms with E-state index in [1.807, 2.05) is 48.5 Å². The number of thioether (sulfide) groups is 2. The topological polar surface area (TPSA) is 71.6 Å². The number of rotatable bonds is 10. The molecule has 0 heterocycles. The van der Waals surface area contributed by atoms with Crippen molar-refractivity contribution in [3.05, 3.63) is 151 Å². The van der Waals surface area contributed by atoms with E-state index in [0.29, 0.717) is 32.7 Å². The lowest BCUT2D eigenvalue weighted by Crippen LogP contribution is -2.00. The average molecular weight is 710 g/mol. The third kappa shape index (κ3) is 11.7. The van der Waals surface area contributed by atoms with Crippen LogP contribution < -0.4 is 10.6 Å². The van der Waals surface area contributed by atoms with Crippen LogP contribution in [0.2, 0.25) is 5.02 Å². The fraction of sp³-hybridized carbons (Fsp3) is 0.118. The molecule has 0 spiro atoms. The number of hydrogen-bond donors (Lipinski definition) is 2. The molecule has 0 bridgehead atoms. The van der Waals surface area contributed by atoms with Gasteiger partial charge in [-0.25, -0.2) is 8.78 Å². The lowest BCUT2D eigenvalue weighted by Gasteiger charge is -2.13. The predicted molar refractivity (Wildman–Crippen MR) is 185 cm³/mol. The SMILES string of the molecule is C/C(C#N)=C(\Nc1ccc(Br)cc1)SCc1ccc(F)cc1.C/C(C#N)=C(\Nc1ccccc1Cl)SCc1cccc(F)c1. The summed E-state index contributed by atoms with van der Waals surface area (Å²) in [4.78, 5) is 0. The normalized spacial score (nSPS) is 11.5. The van der Waals surface area contributed by atoms with Gasteiger partial charge < -0.3 is 10.6 Å². The van der Waals surface area contributed by atoms with Crippen molar-refractivity contribution in [3.63, 3.8) is 0 Å². The van der Waals surface area contributed by atoms with Gasteiger partial charge in [-0.1, -0.05) is 63.9 Å². The fourth-order valence-electron chi connectivity index (χ4n) is 3.45. The minimum atomic E-state index is -0.264. The first-order valence-corrected chi connectivity index (χ1v) is 16.3. The van der Waals surface area contributed by atoms with Crippen molar-refractivity contribution in [2.45, 2.75) is 25.4 Å². The molecule has 0 aliphatic heterocycles. The number of para-hydroxylation sites is 1. The van der Waals surface area contributed by atoms with Gasteiger partial charge in [-0.15, -0.1) is 23.5 Å². The number of hydrogen-bond acceptors (Lipinski definition) is 6. The molecule has 4 rings (SSSR count). The van der Waals surface area contributed by atoms with Crippen molar-refractivity contribution in [2.75, 3.05) is 10.6 Å². The van der Waals surface area contributed by atoms with Crippen molar-refractivity contribution >= 4 is 62.4 Å². The number of benzene rings is 4. The largest absolute Gasteiger partial charge is 0.349 e. The molecule has 0 unspecified atom stereocenters. The van der Waals surface area contributed by atoms with E-state index in [0.717, 1.165) is 32.0 Å². The second-order valence-electron chi connectivity index (χ2n) is 9.20. The summed E-state index contributed by atoms with van der Waals surface area (Å²) >= 11 is 12.5. The van der Waals surface area contributed by atoms with Crippen LogP contribution in [-0.2, 0) is 11.5 Å². The number of allylic oxidation sites excluding steroid dienone is 2. The van der Waals surface area contributed by atoms with Gasteiger partial charge in [-0.3, -0.25) is 0 Å².